The Morgan fingerprint density at radius 1 is 1.10 bits per heavy atom. The molecule has 0 fully saturated rings. The first-order chi connectivity index (χ1) is 14.1. The molecule has 29 heavy (non-hydrogen) atoms. The summed E-state index contributed by atoms with van der Waals surface area (Å²) in [7, 11) is 3.49. The van der Waals surface area contributed by atoms with Gasteiger partial charge in [-0.3, -0.25) is 4.90 Å². The lowest BCUT2D eigenvalue weighted by atomic mass is 10.1. The van der Waals surface area contributed by atoms with Crippen LogP contribution in [-0.4, -0.2) is 34.0 Å². The summed E-state index contributed by atoms with van der Waals surface area (Å²) < 4.78 is 26.6. The van der Waals surface area contributed by atoms with Gasteiger partial charge < -0.3 is 9.26 Å². The third-order valence-electron chi connectivity index (χ3n) is 4.61. The highest BCUT2D eigenvalue weighted by Crippen LogP contribution is 2.29. The van der Waals surface area contributed by atoms with Crippen molar-refractivity contribution < 1.29 is 13.7 Å². The Kier molecular flexibility index (Phi) is 5.39. The van der Waals surface area contributed by atoms with E-state index in [-0.39, 0.29) is 5.82 Å². The summed E-state index contributed by atoms with van der Waals surface area (Å²) >= 11 is 0. The predicted octanol–water partition coefficient (Wildman–Crippen LogP) is 4.31. The van der Waals surface area contributed by atoms with E-state index in [4.69, 9.17) is 14.4 Å². The van der Waals surface area contributed by atoms with Gasteiger partial charge in [0, 0.05) is 42.5 Å². The molecule has 2 aromatic heterocycles. The second-order valence-corrected chi connectivity index (χ2v) is 6.79. The van der Waals surface area contributed by atoms with Crippen molar-refractivity contribution in [2.45, 2.75) is 13.1 Å². The van der Waals surface area contributed by atoms with Gasteiger partial charge in [0.15, 0.2) is 0 Å². The van der Waals surface area contributed by atoms with Gasteiger partial charge in [-0.2, -0.15) is 5.10 Å². The highest BCUT2D eigenvalue weighted by atomic mass is 19.1. The van der Waals surface area contributed by atoms with Crippen LogP contribution in [0.5, 0.6) is 5.75 Å². The van der Waals surface area contributed by atoms with Crippen LogP contribution in [0.4, 0.5) is 4.39 Å². The van der Waals surface area contributed by atoms with E-state index in [1.165, 1.54) is 13.2 Å². The van der Waals surface area contributed by atoms with E-state index < -0.39 is 0 Å². The molecule has 0 saturated heterocycles. The monoisotopic (exact) mass is 392 g/mol. The minimum Gasteiger partial charge on any atom is -0.497 e. The molecule has 6 nitrogen and oxygen atoms in total. The molecule has 4 aromatic rings. The second-order valence-electron chi connectivity index (χ2n) is 6.79. The summed E-state index contributed by atoms with van der Waals surface area (Å²) in [5.74, 6) is 0.0986. The van der Waals surface area contributed by atoms with Crippen molar-refractivity contribution in [2.75, 3.05) is 14.2 Å². The second kappa shape index (κ2) is 8.28. The first kappa shape index (κ1) is 18.9. The molecule has 2 aromatic carbocycles. The fraction of sp³-hybridized carbons (Fsp3) is 0.182. The van der Waals surface area contributed by atoms with E-state index in [1.54, 1.807) is 23.1 Å². The van der Waals surface area contributed by atoms with E-state index in [0.29, 0.717) is 30.1 Å². The van der Waals surface area contributed by atoms with Crippen LogP contribution in [0.2, 0.25) is 0 Å². The SMILES string of the molecule is COc1ccc(-c2nn(-c3ccccc3)cc2CN(C)Cc2ccon2)c(F)c1. The summed E-state index contributed by atoms with van der Waals surface area (Å²) in [5, 5.41) is 8.65. The average Bonchev–Trinajstić information content (AvgIpc) is 3.38. The topological polar surface area (TPSA) is 56.3 Å². The van der Waals surface area contributed by atoms with E-state index in [1.807, 2.05) is 49.6 Å². The van der Waals surface area contributed by atoms with Crippen molar-refractivity contribution in [2.24, 2.45) is 0 Å². The Hall–Kier alpha value is -3.45. The highest BCUT2D eigenvalue weighted by Gasteiger charge is 2.18. The van der Waals surface area contributed by atoms with Gasteiger partial charge in [0.2, 0.25) is 0 Å². The van der Waals surface area contributed by atoms with Gasteiger partial charge in [0.25, 0.3) is 0 Å². The third kappa shape index (κ3) is 4.20. The molecule has 0 amide bonds. The molecule has 0 N–H and O–H groups in total. The fourth-order valence-electron chi connectivity index (χ4n) is 3.22. The predicted molar refractivity (Wildman–Crippen MR) is 107 cm³/mol. The first-order valence-corrected chi connectivity index (χ1v) is 9.19. The molecular weight excluding hydrogens is 371 g/mol. The average molecular weight is 392 g/mol. The number of para-hydroxylation sites is 1. The molecule has 0 aliphatic carbocycles. The number of aromatic nitrogens is 3. The van der Waals surface area contributed by atoms with E-state index in [0.717, 1.165) is 16.9 Å². The molecule has 0 aliphatic heterocycles. The molecule has 0 radical (unpaired) electrons. The molecule has 148 valence electrons. The highest BCUT2D eigenvalue weighted by molar-refractivity contribution is 5.65. The molecule has 0 atom stereocenters. The van der Waals surface area contributed by atoms with E-state index in [2.05, 4.69) is 10.1 Å². The van der Waals surface area contributed by atoms with Crippen molar-refractivity contribution in [3.8, 4) is 22.7 Å². The smallest absolute Gasteiger partial charge is 0.136 e. The molecule has 2 heterocycles. The molecule has 0 aliphatic rings. The quantitative estimate of drug-likeness (QED) is 0.469. The Labute approximate surface area is 168 Å². The number of ether oxygens (including phenoxy) is 1. The summed E-state index contributed by atoms with van der Waals surface area (Å²) in [6.07, 6.45) is 3.49. The van der Waals surface area contributed by atoms with Crippen molar-refractivity contribution in [1.82, 2.24) is 19.8 Å². The minimum absolute atomic E-state index is 0.372. The summed E-state index contributed by atoms with van der Waals surface area (Å²) in [6.45, 7) is 1.18. The van der Waals surface area contributed by atoms with Crippen LogP contribution >= 0.6 is 0 Å². The van der Waals surface area contributed by atoms with Gasteiger partial charge in [0.05, 0.1) is 18.5 Å². The molecular formula is C22H21FN4O2. The number of benzene rings is 2. The largest absolute Gasteiger partial charge is 0.497 e. The van der Waals surface area contributed by atoms with Gasteiger partial charge in [-0.05, 0) is 31.3 Å². The van der Waals surface area contributed by atoms with Crippen LogP contribution in [0.3, 0.4) is 0 Å². The van der Waals surface area contributed by atoms with E-state index in [9.17, 15) is 4.39 Å². The summed E-state index contributed by atoms with van der Waals surface area (Å²) in [5.41, 5.74) is 3.68. The molecule has 7 heteroatoms. The first-order valence-electron chi connectivity index (χ1n) is 9.19. The lowest BCUT2D eigenvalue weighted by Crippen LogP contribution is -2.17. The number of rotatable bonds is 7. The van der Waals surface area contributed by atoms with Crippen molar-refractivity contribution in [3.63, 3.8) is 0 Å². The van der Waals surface area contributed by atoms with Crippen molar-refractivity contribution in [3.05, 3.63) is 84.1 Å². The van der Waals surface area contributed by atoms with Crippen LogP contribution in [-0.2, 0) is 13.1 Å². The van der Waals surface area contributed by atoms with Crippen LogP contribution in [0, 0.1) is 5.82 Å². The van der Waals surface area contributed by atoms with Crippen molar-refractivity contribution >= 4 is 0 Å². The van der Waals surface area contributed by atoms with Gasteiger partial charge in [0.1, 0.15) is 23.5 Å². The van der Waals surface area contributed by atoms with Gasteiger partial charge in [-0.15, -0.1) is 0 Å². The summed E-state index contributed by atoms with van der Waals surface area (Å²) in [4.78, 5) is 2.08. The zero-order chi connectivity index (χ0) is 20.2. The van der Waals surface area contributed by atoms with Crippen molar-refractivity contribution in [1.29, 1.82) is 0 Å². The van der Waals surface area contributed by atoms with Crippen LogP contribution in [0.15, 0.2) is 71.6 Å². The van der Waals surface area contributed by atoms with Gasteiger partial charge >= 0.3 is 0 Å². The lowest BCUT2D eigenvalue weighted by molar-refractivity contribution is 0.304. The van der Waals surface area contributed by atoms with E-state index >= 15 is 0 Å². The number of halogens is 1. The number of hydrogen-bond donors (Lipinski definition) is 0. The Morgan fingerprint density at radius 2 is 1.93 bits per heavy atom. The minimum atomic E-state index is -0.372. The maximum Gasteiger partial charge on any atom is 0.136 e. The lowest BCUT2D eigenvalue weighted by Gasteiger charge is -2.15. The van der Waals surface area contributed by atoms with Gasteiger partial charge in [-0.1, -0.05) is 23.4 Å². The normalized spacial score (nSPS) is 11.2. The molecule has 0 unspecified atom stereocenters. The standard InChI is InChI=1S/C22H21FN4O2/c1-26(15-17-10-11-29-25-17)13-16-14-27(18-6-4-3-5-7-18)24-22(16)20-9-8-19(28-2)12-21(20)23/h3-12,14H,13,15H2,1-2H3. The molecule has 0 saturated carbocycles. The maximum absolute atomic E-state index is 14.8. The third-order valence-corrected chi connectivity index (χ3v) is 4.61. The summed E-state index contributed by atoms with van der Waals surface area (Å²) in [6, 6.07) is 16.4. The zero-order valence-electron chi connectivity index (χ0n) is 16.2. The number of methoxy groups -OCH3 is 1. The molecule has 0 spiro atoms. The Bertz CT molecular complexity index is 1080. The Balaban J connectivity index is 1.71. The van der Waals surface area contributed by atoms with Crippen LogP contribution in [0.1, 0.15) is 11.3 Å². The fourth-order valence-corrected chi connectivity index (χ4v) is 3.22. The number of nitrogens with zero attached hydrogens (tertiary/aromatic N) is 4. The Morgan fingerprint density at radius 3 is 2.62 bits per heavy atom. The van der Waals surface area contributed by atoms with Crippen LogP contribution in [0.25, 0.3) is 16.9 Å². The van der Waals surface area contributed by atoms with Crippen LogP contribution < -0.4 is 4.74 Å². The molecule has 4 rings (SSSR count). The van der Waals surface area contributed by atoms with Gasteiger partial charge in [-0.25, -0.2) is 9.07 Å². The molecule has 0 bridgehead atoms. The maximum atomic E-state index is 14.8. The zero-order valence-corrected chi connectivity index (χ0v) is 16.2. The number of hydrogen-bond acceptors (Lipinski definition) is 5.